The Balaban J connectivity index is 2.12. The molecule has 132 valence electrons. The number of hydrogen-bond donors (Lipinski definition) is 2. The zero-order valence-corrected chi connectivity index (χ0v) is 16.1. The second-order valence-corrected chi connectivity index (χ2v) is 8.27. The highest BCUT2D eigenvalue weighted by atomic mass is 32.1. The van der Waals surface area contributed by atoms with Crippen LogP contribution >= 0.6 is 11.3 Å². The lowest BCUT2D eigenvalue weighted by Gasteiger charge is -2.18. The predicted octanol–water partition coefficient (Wildman–Crippen LogP) is 4.41. The van der Waals surface area contributed by atoms with E-state index in [9.17, 15) is 9.59 Å². The van der Waals surface area contributed by atoms with Gasteiger partial charge in [0.2, 0.25) is 5.91 Å². The maximum absolute atomic E-state index is 12.2. The van der Waals surface area contributed by atoms with E-state index in [1.807, 2.05) is 26.0 Å². The Bertz CT molecular complexity index is 825. The Morgan fingerprint density at radius 3 is 2.24 bits per heavy atom. The summed E-state index contributed by atoms with van der Waals surface area (Å²) in [5.41, 5.74) is 8.90. The van der Waals surface area contributed by atoms with Crippen LogP contribution in [0.5, 0.6) is 0 Å². The number of aryl methyl sites for hydroxylation is 1. The SMILES string of the molecule is Cc1sc(NC(=O)C=Cc2ccc(C(C)(C)C)cc2)c(C(N)=O)c1C. The van der Waals surface area contributed by atoms with E-state index >= 15 is 0 Å². The molecule has 0 spiro atoms. The molecule has 0 atom stereocenters. The molecule has 0 aliphatic rings. The van der Waals surface area contributed by atoms with Crippen LogP contribution in [0.4, 0.5) is 5.00 Å². The van der Waals surface area contributed by atoms with E-state index in [-0.39, 0.29) is 11.3 Å². The van der Waals surface area contributed by atoms with E-state index in [2.05, 4.69) is 38.2 Å². The number of anilines is 1. The monoisotopic (exact) mass is 356 g/mol. The number of carbonyl (C=O) groups excluding carboxylic acids is 2. The molecule has 2 aromatic rings. The fourth-order valence-electron chi connectivity index (χ4n) is 2.43. The highest BCUT2D eigenvalue weighted by molar-refractivity contribution is 7.16. The summed E-state index contributed by atoms with van der Waals surface area (Å²) < 4.78 is 0. The molecule has 0 saturated heterocycles. The van der Waals surface area contributed by atoms with Crippen molar-refractivity contribution in [2.45, 2.75) is 40.0 Å². The summed E-state index contributed by atoms with van der Waals surface area (Å²) in [6.07, 6.45) is 3.21. The molecule has 0 aliphatic carbocycles. The van der Waals surface area contributed by atoms with E-state index < -0.39 is 5.91 Å². The molecule has 2 rings (SSSR count). The zero-order valence-electron chi connectivity index (χ0n) is 15.3. The molecule has 1 aromatic heterocycles. The average molecular weight is 356 g/mol. The van der Waals surface area contributed by atoms with Crippen molar-refractivity contribution in [3.63, 3.8) is 0 Å². The second-order valence-electron chi connectivity index (χ2n) is 7.05. The molecule has 1 heterocycles. The first-order valence-electron chi connectivity index (χ1n) is 8.09. The number of rotatable bonds is 4. The van der Waals surface area contributed by atoms with Crippen LogP contribution in [0.15, 0.2) is 30.3 Å². The van der Waals surface area contributed by atoms with Gasteiger partial charge < -0.3 is 11.1 Å². The van der Waals surface area contributed by atoms with E-state index in [0.29, 0.717) is 10.6 Å². The molecule has 2 amide bonds. The van der Waals surface area contributed by atoms with Gasteiger partial charge in [-0.25, -0.2) is 0 Å². The Kier molecular flexibility index (Phi) is 5.48. The van der Waals surface area contributed by atoms with Crippen LogP contribution in [0.2, 0.25) is 0 Å². The molecule has 4 nitrogen and oxygen atoms in total. The maximum Gasteiger partial charge on any atom is 0.251 e. The lowest BCUT2D eigenvalue weighted by molar-refractivity contribution is -0.111. The maximum atomic E-state index is 12.2. The lowest BCUT2D eigenvalue weighted by Crippen LogP contribution is -2.16. The minimum atomic E-state index is -0.529. The van der Waals surface area contributed by atoms with Gasteiger partial charge in [-0.3, -0.25) is 9.59 Å². The van der Waals surface area contributed by atoms with Gasteiger partial charge in [0, 0.05) is 11.0 Å². The molecular formula is C20H24N2O2S. The third-order valence-electron chi connectivity index (χ3n) is 4.07. The topological polar surface area (TPSA) is 72.2 Å². The summed E-state index contributed by atoms with van der Waals surface area (Å²) in [6, 6.07) is 8.10. The van der Waals surface area contributed by atoms with Crippen molar-refractivity contribution >= 4 is 34.2 Å². The van der Waals surface area contributed by atoms with Crippen molar-refractivity contribution in [1.29, 1.82) is 0 Å². The summed E-state index contributed by atoms with van der Waals surface area (Å²) in [5.74, 6) is -0.817. The van der Waals surface area contributed by atoms with Crippen molar-refractivity contribution < 1.29 is 9.59 Å². The van der Waals surface area contributed by atoms with Gasteiger partial charge in [-0.1, -0.05) is 45.0 Å². The van der Waals surface area contributed by atoms with Crippen molar-refractivity contribution in [3.8, 4) is 0 Å². The van der Waals surface area contributed by atoms with Gasteiger partial charge in [-0.05, 0) is 42.0 Å². The van der Waals surface area contributed by atoms with Gasteiger partial charge in [0.1, 0.15) is 5.00 Å². The highest BCUT2D eigenvalue weighted by Crippen LogP contribution is 2.32. The molecule has 5 heteroatoms. The number of thiophene rings is 1. The predicted molar refractivity (Wildman–Crippen MR) is 105 cm³/mol. The van der Waals surface area contributed by atoms with Crippen LogP contribution in [-0.4, -0.2) is 11.8 Å². The van der Waals surface area contributed by atoms with Crippen LogP contribution in [0.1, 0.15) is 52.7 Å². The number of hydrogen-bond acceptors (Lipinski definition) is 3. The van der Waals surface area contributed by atoms with Crippen LogP contribution in [0, 0.1) is 13.8 Å². The summed E-state index contributed by atoms with van der Waals surface area (Å²) in [6.45, 7) is 10.2. The second kappa shape index (κ2) is 7.23. The molecule has 1 aromatic carbocycles. The van der Waals surface area contributed by atoms with Crippen molar-refractivity contribution in [2.75, 3.05) is 5.32 Å². The molecule has 0 unspecified atom stereocenters. The molecule has 0 saturated carbocycles. The first-order valence-corrected chi connectivity index (χ1v) is 8.90. The molecule has 3 N–H and O–H groups in total. The number of primary amides is 1. The van der Waals surface area contributed by atoms with Gasteiger partial charge in [0.25, 0.3) is 5.91 Å². The van der Waals surface area contributed by atoms with Crippen molar-refractivity contribution in [1.82, 2.24) is 0 Å². The number of carbonyl (C=O) groups is 2. The van der Waals surface area contributed by atoms with Gasteiger partial charge in [0.05, 0.1) is 5.56 Å². The minimum absolute atomic E-state index is 0.0969. The Morgan fingerprint density at radius 1 is 1.12 bits per heavy atom. The van der Waals surface area contributed by atoms with Crippen LogP contribution in [0.25, 0.3) is 6.08 Å². The number of nitrogens with one attached hydrogen (secondary N) is 1. The fraction of sp³-hybridized carbons (Fsp3) is 0.300. The summed E-state index contributed by atoms with van der Waals surface area (Å²) in [4.78, 5) is 24.7. The molecule has 25 heavy (non-hydrogen) atoms. The third-order valence-corrected chi connectivity index (χ3v) is 5.19. The Hall–Kier alpha value is -2.40. The first kappa shape index (κ1) is 18.9. The molecule has 0 bridgehead atoms. The van der Waals surface area contributed by atoms with Gasteiger partial charge in [-0.15, -0.1) is 11.3 Å². The third kappa shape index (κ3) is 4.57. The largest absolute Gasteiger partial charge is 0.365 e. The van der Waals surface area contributed by atoms with Crippen LogP contribution in [0.3, 0.4) is 0 Å². The number of benzene rings is 1. The van der Waals surface area contributed by atoms with E-state index in [4.69, 9.17) is 5.73 Å². The van der Waals surface area contributed by atoms with Gasteiger partial charge in [0.15, 0.2) is 0 Å². The fourth-order valence-corrected chi connectivity index (χ4v) is 3.50. The highest BCUT2D eigenvalue weighted by Gasteiger charge is 2.18. The van der Waals surface area contributed by atoms with Crippen molar-refractivity contribution in [3.05, 3.63) is 57.5 Å². The minimum Gasteiger partial charge on any atom is -0.365 e. The molecular weight excluding hydrogens is 332 g/mol. The first-order chi connectivity index (χ1) is 11.6. The number of nitrogens with two attached hydrogens (primary N) is 1. The zero-order chi connectivity index (χ0) is 18.8. The lowest BCUT2D eigenvalue weighted by atomic mass is 9.87. The Labute approximate surface area is 152 Å². The summed E-state index contributed by atoms with van der Waals surface area (Å²) >= 11 is 1.36. The van der Waals surface area contributed by atoms with E-state index in [1.54, 1.807) is 6.08 Å². The molecule has 0 radical (unpaired) electrons. The smallest absolute Gasteiger partial charge is 0.251 e. The number of amides is 2. The van der Waals surface area contributed by atoms with Gasteiger partial charge >= 0.3 is 0 Å². The summed E-state index contributed by atoms with van der Waals surface area (Å²) in [7, 11) is 0. The summed E-state index contributed by atoms with van der Waals surface area (Å²) in [5, 5.41) is 3.25. The van der Waals surface area contributed by atoms with Crippen LogP contribution in [-0.2, 0) is 10.2 Å². The quantitative estimate of drug-likeness (QED) is 0.796. The van der Waals surface area contributed by atoms with Gasteiger partial charge in [-0.2, -0.15) is 0 Å². The molecule has 0 aliphatic heterocycles. The Morgan fingerprint density at radius 2 is 1.72 bits per heavy atom. The van der Waals surface area contributed by atoms with E-state index in [1.165, 1.54) is 23.0 Å². The normalized spacial score (nSPS) is 11.7. The average Bonchev–Trinajstić information content (AvgIpc) is 2.79. The standard InChI is InChI=1S/C20H24N2O2S/c1-12-13(2)25-19(17(12)18(21)24)22-16(23)11-8-14-6-9-15(10-7-14)20(3,4)5/h6-11H,1-5H3,(H2,21,24)(H,22,23). The van der Waals surface area contributed by atoms with Crippen LogP contribution < -0.4 is 11.1 Å². The van der Waals surface area contributed by atoms with E-state index in [0.717, 1.165) is 16.0 Å². The molecule has 0 fully saturated rings. The van der Waals surface area contributed by atoms with Crippen molar-refractivity contribution in [2.24, 2.45) is 5.73 Å².